The zero-order valence-corrected chi connectivity index (χ0v) is 18.5. The van der Waals surface area contributed by atoms with Crippen molar-refractivity contribution in [3.05, 3.63) is 94.9 Å². The number of fused-ring (bicyclic) bond motifs is 1. The van der Waals surface area contributed by atoms with Crippen LogP contribution in [0.25, 0.3) is 0 Å². The van der Waals surface area contributed by atoms with Crippen LogP contribution in [0.5, 0.6) is 11.5 Å². The minimum atomic E-state index is -0.573. The Morgan fingerprint density at radius 2 is 1.61 bits per heavy atom. The molecule has 168 valence electrons. The van der Waals surface area contributed by atoms with Crippen LogP contribution in [0.4, 0.5) is 15.8 Å². The lowest BCUT2D eigenvalue weighted by Crippen LogP contribution is -2.27. The summed E-state index contributed by atoms with van der Waals surface area (Å²) in [7, 11) is 3.20. The van der Waals surface area contributed by atoms with Gasteiger partial charge in [0.05, 0.1) is 31.6 Å². The number of hydrogen-bond acceptors (Lipinski definition) is 5. The molecule has 0 saturated carbocycles. The highest BCUT2D eigenvalue weighted by atomic mass is 19.1. The number of carbonyl (C=O) groups is 1. The lowest BCUT2D eigenvalue weighted by atomic mass is 9.78. The number of allylic oxidation sites excluding steroid dienone is 1. The smallest absolute Gasteiger partial charge is 0.163 e. The van der Waals surface area contributed by atoms with Gasteiger partial charge in [-0.3, -0.25) is 4.79 Å². The molecule has 0 bridgehead atoms. The van der Waals surface area contributed by atoms with Gasteiger partial charge in [0.1, 0.15) is 5.82 Å². The van der Waals surface area contributed by atoms with E-state index >= 15 is 0 Å². The van der Waals surface area contributed by atoms with E-state index in [4.69, 9.17) is 9.47 Å². The molecule has 2 N–H and O–H groups in total. The van der Waals surface area contributed by atoms with Gasteiger partial charge in [0.15, 0.2) is 17.3 Å². The first-order valence-corrected chi connectivity index (χ1v) is 10.9. The maximum atomic E-state index is 14.8. The fourth-order valence-corrected chi connectivity index (χ4v) is 4.78. The molecule has 5 rings (SSSR count). The van der Waals surface area contributed by atoms with Crippen molar-refractivity contribution in [1.82, 2.24) is 0 Å². The number of ether oxygens (including phenoxy) is 2. The summed E-state index contributed by atoms with van der Waals surface area (Å²) in [4.78, 5) is 13.6. The molecule has 0 aromatic heterocycles. The van der Waals surface area contributed by atoms with Crippen LogP contribution in [0.3, 0.4) is 0 Å². The van der Waals surface area contributed by atoms with Crippen LogP contribution >= 0.6 is 0 Å². The molecule has 6 heteroatoms. The Bertz CT molecular complexity index is 1250. The first-order chi connectivity index (χ1) is 16.1. The van der Waals surface area contributed by atoms with Gasteiger partial charge in [-0.15, -0.1) is 0 Å². The topological polar surface area (TPSA) is 59.6 Å². The third-order valence-corrected chi connectivity index (χ3v) is 6.40. The summed E-state index contributed by atoms with van der Waals surface area (Å²) in [6.45, 7) is 0. The molecule has 3 aromatic carbocycles. The SMILES string of the molecule is COc1ccc([C@H]2CC(=O)C3=C(C2)Nc2ccccc2N[C@H]3c2ccccc2F)cc1OC. The molecule has 3 aromatic rings. The lowest BCUT2D eigenvalue weighted by molar-refractivity contribution is -0.116. The van der Waals surface area contributed by atoms with Crippen molar-refractivity contribution < 1.29 is 18.7 Å². The van der Waals surface area contributed by atoms with Gasteiger partial charge < -0.3 is 20.1 Å². The van der Waals surface area contributed by atoms with Crippen LogP contribution in [-0.4, -0.2) is 20.0 Å². The van der Waals surface area contributed by atoms with Gasteiger partial charge in [0.25, 0.3) is 0 Å². The predicted octanol–water partition coefficient (Wildman–Crippen LogP) is 5.82. The predicted molar refractivity (Wildman–Crippen MR) is 126 cm³/mol. The van der Waals surface area contributed by atoms with Gasteiger partial charge in [-0.25, -0.2) is 4.39 Å². The van der Waals surface area contributed by atoms with Gasteiger partial charge >= 0.3 is 0 Å². The minimum absolute atomic E-state index is 0.00269. The quantitative estimate of drug-likeness (QED) is 0.531. The zero-order chi connectivity index (χ0) is 22.9. The van der Waals surface area contributed by atoms with Crippen LogP contribution in [0.15, 0.2) is 78.0 Å². The van der Waals surface area contributed by atoms with E-state index in [1.165, 1.54) is 6.07 Å². The summed E-state index contributed by atoms with van der Waals surface area (Å²) in [5.41, 5.74) is 4.56. The van der Waals surface area contributed by atoms with Crippen molar-refractivity contribution in [2.75, 3.05) is 24.9 Å². The summed E-state index contributed by atoms with van der Waals surface area (Å²) in [5, 5.41) is 6.90. The van der Waals surface area contributed by atoms with E-state index in [0.717, 1.165) is 22.6 Å². The molecule has 0 spiro atoms. The molecule has 0 radical (unpaired) electrons. The van der Waals surface area contributed by atoms with Crippen molar-refractivity contribution in [2.24, 2.45) is 0 Å². The number of para-hydroxylation sites is 2. The van der Waals surface area contributed by atoms with Crippen LogP contribution < -0.4 is 20.1 Å². The number of Topliss-reactive ketones (excluding diaryl/α,β-unsaturated/α-hetero) is 1. The Kier molecular flexibility index (Phi) is 5.50. The Morgan fingerprint density at radius 1 is 0.879 bits per heavy atom. The molecule has 1 aliphatic carbocycles. The van der Waals surface area contributed by atoms with Gasteiger partial charge in [0.2, 0.25) is 0 Å². The van der Waals surface area contributed by atoms with Gasteiger partial charge in [0, 0.05) is 23.3 Å². The molecular weight excluding hydrogens is 419 g/mol. The number of ketones is 1. The van der Waals surface area contributed by atoms with E-state index in [-0.39, 0.29) is 17.5 Å². The Labute approximate surface area is 192 Å². The average molecular weight is 445 g/mol. The Hall–Kier alpha value is -3.80. The second kappa shape index (κ2) is 8.62. The van der Waals surface area contributed by atoms with Gasteiger partial charge in [-0.1, -0.05) is 36.4 Å². The summed E-state index contributed by atoms with van der Waals surface area (Å²) >= 11 is 0. The van der Waals surface area contributed by atoms with Crippen molar-refractivity contribution in [2.45, 2.75) is 24.8 Å². The summed E-state index contributed by atoms with van der Waals surface area (Å²) < 4.78 is 25.7. The molecule has 1 heterocycles. The van der Waals surface area contributed by atoms with Crippen LogP contribution in [-0.2, 0) is 4.79 Å². The molecule has 5 nitrogen and oxygen atoms in total. The van der Waals surface area contributed by atoms with Crippen LogP contribution in [0.1, 0.15) is 35.9 Å². The molecule has 33 heavy (non-hydrogen) atoms. The van der Waals surface area contributed by atoms with Crippen molar-refractivity contribution in [1.29, 1.82) is 0 Å². The number of methoxy groups -OCH3 is 2. The van der Waals surface area contributed by atoms with E-state index in [1.54, 1.807) is 32.4 Å². The van der Waals surface area contributed by atoms with Crippen molar-refractivity contribution in [3.63, 3.8) is 0 Å². The molecule has 2 atom stereocenters. The maximum Gasteiger partial charge on any atom is 0.163 e. The molecule has 1 aliphatic heterocycles. The monoisotopic (exact) mass is 444 g/mol. The average Bonchev–Trinajstić information content (AvgIpc) is 3.00. The fourth-order valence-electron chi connectivity index (χ4n) is 4.78. The standard InChI is InChI=1S/C27H25FN2O3/c1-32-24-12-11-16(15-25(24)33-2)17-13-22-26(23(31)14-17)27(18-7-3-4-8-19(18)28)30-21-10-6-5-9-20(21)29-22/h3-12,15,17,27,29-30H,13-14H2,1-2H3/t17-,27+/m1/s1. The van der Waals surface area contributed by atoms with E-state index < -0.39 is 6.04 Å². The molecular formula is C27H25FN2O3. The Morgan fingerprint density at radius 3 is 2.36 bits per heavy atom. The third kappa shape index (κ3) is 3.82. The largest absolute Gasteiger partial charge is 0.493 e. The minimum Gasteiger partial charge on any atom is -0.493 e. The second-order valence-corrected chi connectivity index (χ2v) is 8.30. The zero-order valence-electron chi connectivity index (χ0n) is 18.5. The number of carbonyl (C=O) groups excluding carboxylic acids is 1. The first-order valence-electron chi connectivity index (χ1n) is 10.9. The van der Waals surface area contributed by atoms with Crippen molar-refractivity contribution in [3.8, 4) is 11.5 Å². The van der Waals surface area contributed by atoms with Gasteiger partial charge in [-0.05, 0) is 48.2 Å². The molecule has 0 unspecified atom stereocenters. The Balaban J connectivity index is 1.59. The van der Waals surface area contributed by atoms with E-state index in [1.807, 2.05) is 42.5 Å². The normalized spacial score (nSPS) is 19.5. The van der Waals surface area contributed by atoms with E-state index in [9.17, 15) is 9.18 Å². The van der Waals surface area contributed by atoms with E-state index in [0.29, 0.717) is 35.5 Å². The van der Waals surface area contributed by atoms with Crippen LogP contribution in [0.2, 0.25) is 0 Å². The number of nitrogens with one attached hydrogen (secondary N) is 2. The molecule has 0 saturated heterocycles. The molecule has 0 amide bonds. The number of hydrogen-bond donors (Lipinski definition) is 2. The highest BCUT2D eigenvalue weighted by molar-refractivity contribution is 6.01. The number of halogens is 1. The number of rotatable bonds is 4. The van der Waals surface area contributed by atoms with E-state index in [2.05, 4.69) is 10.6 Å². The van der Waals surface area contributed by atoms with Crippen molar-refractivity contribution >= 4 is 17.2 Å². The first kappa shape index (κ1) is 21.1. The third-order valence-electron chi connectivity index (χ3n) is 6.40. The van der Waals surface area contributed by atoms with Gasteiger partial charge in [-0.2, -0.15) is 0 Å². The fraction of sp³-hybridized carbons (Fsp3) is 0.222. The second-order valence-electron chi connectivity index (χ2n) is 8.30. The van der Waals surface area contributed by atoms with Crippen LogP contribution in [0, 0.1) is 5.82 Å². The maximum absolute atomic E-state index is 14.8. The number of benzene rings is 3. The molecule has 0 fully saturated rings. The summed E-state index contributed by atoms with van der Waals surface area (Å²) in [5.74, 6) is 0.907. The highest BCUT2D eigenvalue weighted by Crippen LogP contribution is 2.45. The number of anilines is 2. The highest BCUT2D eigenvalue weighted by Gasteiger charge is 2.37. The summed E-state index contributed by atoms with van der Waals surface area (Å²) in [6, 6.07) is 19.6. The summed E-state index contributed by atoms with van der Waals surface area (Å²) in [6.07, 6.45) is 0.955. The lowest BCUT2D eigenvalue weighted by Gasteiger charge is -2.30. The molecule has 2 aliphatic rings.